The van der Waals surface area contributed by atoms with E-state index in [1.807, 2.05) is 6.92 Å². The molecule has 2 aliphatic rings. The Morgan fingerprint density at radius 3 is 2.65 bits per heavy atom. The summed E-state index contributed by atoms with van der Waals surface area (Å²) in [6.07, 6.45) is 5.65. The predicted molar refractivity (Wildman–Crippen MR) is 69.5 cm³/mol. The number of carbonyl (C=O) groups excluding carboxylic acids is 1. The minimum atomic E-state index is -0.0788. The van der Waals surface area contributed by atoms with E-state index in [1.54, 1.807) is 0 Å². The van der Waals surface area contributed by atoms with Crippen molar-refractivity contribution < 1.29 is 4.79 Å². The molecule has 0 aromatic heterocycles. The Morgan fingerprint density at radius 1 is 1.29 bits per heavy atom. The molecule has 3 heteroatoms. The van der Waals surface area contributed by atoms with E-state index in [9.17, 15) is 4.79 Å². The Balaban J connectivity index is 2.10. The second-order valence-electron chi connectivity index (χ2n) is 6.31. The highest BCUT2D eigenvalue weighted by atomic mass is 16.2. The van der Waals surface area contributed by atoms with Gasteiger partial charge < -0.3 is 10.6 Å². The first kappa shape index (κ1) is 12.9. The second-order valence-corrected chi connectivity index (χ2v) is 6.31. The van der Waals surface area contributed by atoms with Gasteiger partial charge in [-0.1, -0.05) is 33.6 Å². The zero-order chi connectivity index (χ0) is 12.6. The van der Waals surface area contributed by atoms with Crippen molar-refractivity contribution in [3.05, 3.63) is 0 Å². The van der Waals surface area contributed by atoms with Crippen LogP contribution in [0.2, 0.25) is 0 Å². The van der Waals surface area contributed by atoms with Gasteiger partial charge in [0.15, 0.2) is 0 Å². The summed E-state index contributed by atoms with van der Waals surface area (Å²) in [4.78, 5) is 14.5. The highest BCUT2D eigenvalue weighted by molar-refractivity contribution is 5.79. The maximum atomic E-state index is 12.5. The van der Waals surface area contributed by atoms with Crippen molar-refractivity contribution in [2.45, 2.75) is 64.5 Å². The first-order valence-electron chi connectivity index (χ1n) is 7.05. The van der Waals surface area contributed by atoms with Gasteiger partial charge in [0.25, 0.3) is 0 Å². The van der Waals surface area contributed by atoms with Gasteiger partial charge in [-0.3, -0.25) is 4.79 Å². The van der Waals surface area contributed by atoms with Crippen LogP contribution in [0.1, 0.15) is 52.9 Å². The van der Waals surface area contributed by atoms with Gasteiger partial charge in [-0.05, 0) is 25.2 Å². The van der Waals surface area contributed by atoms with Gasteiger partial charge in [0.05, 0.1) is 0 Å². The van der Waals surface area contributed by atoms with Gasteiger partial charge >= 0.3 is 0 Å². The van der Waals surface area contributed by atoms with Gasteiger partial charge in [0.2, 0.25) is 5.91 Å². The third-order valence-corrected chi connectivity index (χ3v) is 4.90. The molecular weight excluding hydrogens is 212 g/mol. The molecule has 2 rings (SSSR count). The summed E-state index contributed by atoms with van der Waals surface area (Å²) in [5.74, 6) is 0.859. The molecule has 1 saturated carbocycles. The number of hydrogen-bond acceptors (Lipinski definition) is 2. The third kappa shape index (κ3) is 2.22. The SMILES string of the molecule is CC(C)C(C)C(=O)N1CCC2(N)CCCCC12. The van der Waals surface area contributed by atoms with Crippen molar-refractivity contribution in [3.63, 3.8) is 0 Å². The standard InChI is InChI=1S/C14H26N2O/c1-10(2)11(3)13(17)16-9-8-14(15)7-5-4-6-12(14)16/h10-12H,4-9,15H2,1-3H3. The van der Waals surface area contributed by atoms with Gasteiger partial charge in [-0.2, -0.15) is 0 Å². The largest absolute Gasteiger partial charge is 0.338 e. The Labute approximate surface area is 105 Å². The molecule has 1 aliphatic carbocycles. The molecule has 0 aromatic carbocycles. The van der Waals surface area contributed by atoms with E-state index in [1.165, 1.54) is 12.8 Å². The van der Waals surface area contributed by atoms with Gasteiger partial charge in [0.1, 0.15) is 0 Å². The van der Waals surface area contributed by atoms with Crippen molar-refractivity contribution in [1.82, 2.24) is 4.90 Å². The summed E-state index contributed by atoms with van der Waals surface area (Å²) >= 11 is 0. The highest BCUT2D eigenvalue weighted by Gasteiger charge is 2.48. The van der Waals surface area contributed by atoms with E-state index in [4.69, 9.17) is 5.73 Å². The van der Waals surface area contributed by atoms with Crippen LogP contribution in [0.3, 0.4) is 0 Å². The summed E-state index contributed by atoms with van der Waals surface area (Å²) in [7, 11) is 0. The maximum absolute atomic E-state index is 12.5. The molecule has 1 heterocycles. The fraction of sp³-hybridized carbons (Fsp3) is 0.929. The Hall–Kier alpha value is -0.570. The molecule has 0 spiro atoms. The van der Waals surface area contributed by atoms with Crippen LogP contribution in [0, 0.1) is 11.8 Å². The number of nitrogens with two attached hydrogens (primary N) is 1. The molecule has 2 fully saturated rings. The minimum absolute atomic E-state index is 0.0788. The fourth-order valence-corrected chi connectivity index (χ4v) is 3.30. The molecule has 1 aliphatic heterocycles. The quantitative estimate of drug-likeness (QED) is 0.801. The predicted octanol–water partition coefficient (Wildman–Crippen LogP) is 2.15. The molecule has 0 bridgehead atoms. The molecule has 17 heavy (non-hydrogen) atoms. The van der Waals surface area contributed by atoms with Crippen LogP contribution < -0.4 is 5.73 Å². The summed E-state index contributed by atoms with van der Waals surface area (Å²) in [6, 6.07) is 0.310. The third-order valence-electron chi connectivity index (χ3n) is 4.90. The van der Waals surface area contributed by atoms with E-state index in [2.05, 4.69) is 18.7 Å². The number of fused-ring (bicyclic) bond motifs is 1. The van der Waals surface area contributed by atoms with Crippen molar-refractivity contribution >= 4 is 5.91 Å². The fourth-order valence-electron chi connectivity index (χ4n) is 3.30. The lowest BCUT2D eigenvalue weighted by Gasteiger charge is -2.40. The van der Waals surface area contributed by atoms with Crippen LogP contribution >= 0.6 is 0 Å². The Bertz CT molecular complexity index is 303. The molecule has 0 aromatic rings. The first-order chi connectivity index (χ1) is 7.96. The van der Waals surface area contributed by atoms with Gasteiger partial charge in [-0.15, -0.1) is 0 Å². The van der Waals surface area contributed by atoms with Crippen LogP contribution in [-0.2, 0) is 4.79 Å². The number of rotatable bonds is 2. The zero-order valence-electron chi connectivity index (χ0n) is 11.4. The van der Waals surface area contributed by atoms with Crippen LogP contribution in [0.4, 0.5) is 0 Å². The maximum Gasteiger partial charge on any atom is 0.225 e. The molecule has 1 saturated heterocycles. The number of amides is 1. The minimum Gasteiger partial charge on any atom is -0.338 e. The smallest absolute Gasteiger partial charge is 0.225 e. The van der Waals surface area contributed by atoms with Crippen LogP contribution in [0.5, 0.6) is 0 Å². The number of likely N-dealkylation sites (tertiary alicyclic amines) is 1. The lowest BCUT2D eigenvalue weighted by Crippen LogP contribution is -2.55. The van der Waals surface area contributed by atoms with Gasteiger partial charge in [0, 0.05) is 24.0 Å². The summed E-state index contributed by atoms with van der Waals surface area (Å²) in [5, 5.41) is 0. The normalized spacial score (nSPS) is 34.9. The van der Waals surface area contributed by atoms with E-state index >= 15 is 0 Å². The average Bonchev–Trinajstić information content (AvgIpc) is 2.64. The molecule has 3 nitrogen and oxygen atoms in total. The molecule has 1 amide bonds. The van der Waals surface area contributed by atoms with Crippen LogP contribution in [-0.4, -0.2) is 28.9 Å². The van der Waals surface area contributed by atoms with Crippen LogP contribution in [0.15, 0.2) is 0 Å². The molecule has 3 atom stereocenters. The number of hydrogen-bond donors (Lipinski definition) is 1. The molecular formula is C14H26N2O. The number of carbonyl (C=O) groups is 1. The Morgan fingerprint density at radius 2 is 2.00 bits per heavy atom. The van der Waals surface area contributed by atoms with E-state index < -0.39 is 0 Å². The summed E-state index contributed by atoms with van der Waals surface area (Å²) in [6.45, 7) is 7.16. The average molecular weight is 238 g/mol. The van der Waals surface area contributed by atoms with Crippen molar-refractivity contribution in [3.8, 4) is 0 Å². The Kier molecular flexibility index (Phi) is 3.48. The first-order valence-corrected chi connectivity index (χ1v) is 7.05. The molecule has 98 valence electrons. The molecule has 2 N–H and O–H groups in total. The molecule has 3 unspecified atom stereocenters. The van der Waals surface area contributed by atoms with Crippen molar-refractivity contribution in [2.24, 2.45) is 17.6 Å². The zero-order valence-corrected chi connectivity index (χ0v) is 11.4. The topological polar surface area (TPSA) is 46.3 Å². The summed E-state index contributed by atoms with van der Waals surface area (Å²) < 4.78 is 0. The van der Waals surface area contributed by atoms with Gasteiger partial charge in [-0.25, -0.2) is 0 Å². The van der Waals surface area contributed by atoms with E-state index in [0.717, 1.165) is 25.8 Å². The second kappa shape index (κ2) is 4.60. The van der Waals surface area contributed by atoms with E-state index in [-0.39, 0.29) is 11.5 Å². The lowest BCUT2D eigenvalue weighted by atomic mass is 9.78. The van der Waals surface area contributed by atoms with E-state index in [0.29, 0.717) is 17.9 Å². The lowest BCUT2D eigenvalue weighted by molar-refractivity contribution is -0.138. The van der Waals surface area contributed by atoms with Crippen LogP contribution in [0.25, 0.3) is 0 Å². The van der Waals surface area contributed by atoms with Crippen molar-refractivity contribution in [1.29, 1.82) is 0 Å². The monoisotopic (exact) mass is 238 g/mol. The number of nitrogens with zero attached hydrogens (tertiary/aromatic N) is 1. The summed E-state index contributed by atoms with van der Waals surface area (Å²) in [5.41, 5.74) is 6.40. The highest BCUT2D eigenvalue weighted by Crippen LogP contribution is 2.38. The molecule has 0 radical (unpaired) electrons. The van der Waals surface area contributed by atoms with Crippen molar-refractivity contribution in [2.75, 3.05) is 6.54 Å².